The number of carbonyl (C=O) groups is 2. The molecule has 0 saturated heterocycles. The molecule has 0 bridgehead atoms. The van der Waals surface area contributed by atoms with E-state index in [1.54, 1.807) is 0 Å². The normalized spacial score (nSPS) is 25.8. The highest BCUT2D eigenvalue weighted by atomic mass is 16.4. The van der Waals surface area contributed by atoms with Crippen LogP contribution in [0.15, 0.2) is 23.3 Å². The Morgan fingerprint density at radius 2 is 1.83 bits per heavy atom. The lowest BCUT2D eigenvalue weighted by Gasteiger charge is -2.27. The smallest absolute Gasteiger partial charge is 0.307 e. The first-order chi connectivity index (χ1) is 8.41. The molecule has 1 aliphatic rings. The Balaban J connectivity index is 2.71. The first-order valence-corrected chi connectivity index (χ1v) is 6.18. The predicted molar refractivity (Wildman–Crippen MR) is 68.2 cm³/mol. The second kappa shape index (κ2) is 6.38. The molecule has 0 aromatic heterocycles. The summed E-state index contributed by atoms with van der Waals surface area (Å²) in [6, 6.07) is 0. The minimum atomic E-state index is -1.00. The molecular formula is C14H20O4. The van der Waals surface area contributed by atoms with Crippen LogP contribution in [0.3, 0.4) is 0 Å². The molecule has 1 aliphatic carbocycles. The SMILES string of the molecule is CC(C)=CC/C=C1/CC[C@@H](C(=O)O)[C@@H](C(=O)O)C1. The lowest BCUT2D eigenvalue weighted by molar-refractivity contribution is -0.154. The van der Waals surface area contributed by atoms with Gasteiger partial charge in [0.05, 0.1) is 11.8 Å². The van der Waals surface area contributed by atoms with E-state index in [2.05, 4.69) is 6.08 Å². The maximum Gasteiger partial charge on any atom is 0.307 e. The minimum Gasteiger partial charge on any atom is -0.481 e. The van der Waals surface area contributed by atoms with Gasteiger partial charge >= 0.3 is 11.9 Å². The standard InChI is InChI=1S/C14H20O4/c1-9(2)4-3-5-10-6-7-11(13(15)16)12(8-10)14(17)18/h4-5,11-12H,3,6-8H2,1-2H3,(H,15,16)(H,17,18)/b10-5-/t11-,12+/m1/s1. The first kappa shape index (κ1) is 14.5. The van der Waals surface area contributed by atoms with Crippen LogP contribution in [0.4, 0.5) is 0 Å². The molecule has 0 unspecified atom stereocenters. The third kappa shape index (κ3) is 4.02. The topological polar surface area (TPSA) is 74.6 Å². The molecule has 0 radical (unpaired) electrons. The molecular weight excluding hydrogens is 232 g/mol. The van der Waals surface area contributed by atoms with Crippen molar-refractivity contribution in [3.05, 3.63) is 23.3 Å². The molecule has 0 amide bonds. The van der Waals surface area contributed by atoms with Crippen LogP contribution in [0.1, 0.15) is 39.5 Å². The summed E-state index contributed by atoms with van der Waals surface area (Å²) >= 11 is 0. The number of hydrogen-bond acceptors (Lipinski definition) is 2. The minimum absolute atomic E-state index is 0.364. The van der Waals surface area contributed by atoms with Gasteiger partial charge < -0.3 is 10.2 Å². The highest BCUT2D eigenvalue weighted by Gasteiger charge is 2.37. The van der Waals surface area contributed by atoms with E-state index in [1.807, 2.05) is 19.9 Å². The van der Waals surface area contributed by atoms with Crippen molar-refractivity contribution in [1.82, 2.24) is 0 Å². The van der Waals surface area contributed by atoms with E-state index >= 15 is 0 Å². The predicted octanol–water partition coefficient (Wildman–Crippen LogP) is 2.85. The fourth-order valence-corrected chi connectivity index (χ4v) is 2.27. The van der Waals surface area contributed by atoms with Crippen molar-refractivity contribution in [3.8, 4) is 0 Å². The number of hydrogen-bond donors (Lipinski definition) is 2. The average molecular weight is 252 g/mol. The summed E-state index contributed by atoms with van der Waals surface area (Å²) in [5, 5.41) is 18.1. The fourth-order valence-electron chi connectivity index (χ4n) is 2.27. The maximum atomic E-state index is 11.1. The molecule has 0 spiro atoms. The van der Waals surface area contributed by atoms with Gasteiger partial charge in [-0.15, -0.1) is 0 Å². The Morgan fingerprint density at radius 1 is 1.22 bits per heavy atom. The molecule has 18 heavy (non-hydrogen) atoms. The highest BCUT2D eigenvalue weighted by molar-refractivity contribution is 5.80. The van der Waals surface area contributed by atoms with Crippen LogP contribution in [-0.2, 0) is 9.59 Å². The summed E-state index contributed by atoms with van der Waals surface area (Å²) in [5.74, 6) is -3.53. The lowest BCUT2D eigenvalue weighted by atomic mass is 9.76. The van der Waals surface area contributed by atoms with Crippen LogP contribution in [0.25, 0.3) is 0 Å². The van der Waals surface area contributed by atoms with Crippen LogP contribution < -0.4 is 0 Å². The second-order valence-corrected chi connectivity index (χ2v) is 5.01. The van der Waals surface area contributed by atoms with Crippen LogP contribution >= 0.6 is 0 Å². The lowest BCUT2D eigenvalue weighted by Crippen LogP contribution is -2.33. The quantitative estimate of drug-likeness (QED) is 0.754. The Labute approximate surface area is 107 Å². The van der Waals surface area contributed by atoms with Crippen molar-refractivity contribution in [3.63, 3.8) is 0 Å². The zero-order valence-corrected chi connectivity index (χ0v) is 10.8. The van der Waals surface area contributed by atoms with Crippen molar-refractivity contribution in [2.45, 2.75) is 39.5 Å². The molecule has 1 fully saturated rings. The number of aliphatic carboxylic acids is 2. The van der Waals surface area contributed by atoms with E-state index in [0.29, 0.717) is 19.3 Å². The van der Waals surface area contributed by atoms with Crippen molar-refractivity contribution < 1.29 is 19.8 Å². The van der Waals surface area contributed by atoms with Gasteiger partial charge in [0.25, 0.3) is 0 Å². The zero-order chi connectivity index (χ0) is 13.7. The molecule has 0 aromatic carbocycles. The molecule has 1 rings (SSSR count). The summed E-state index contributed by atoms with van der Waals surface area (Å²) < 4.78 is 0. The number of rotatable bonds is 4. The van der Waals surface area contributed by atoms with E-state index < -0.39 is 23.8 Å². The maximum absolute atomic E-state index is 11.1. The molecule has 1 saturated carbocycles. The molecule has 4 nitrogen and oxygen atoms in total. The molecule has 2 atom stereocenters. The van der Waals surface area contributed by atoms with Crippen LogP contribution in [-0.4, -0.2) is 22.2 Å². The molecule has 0 aliphatic heterocycles. The van der Waals surface area contributed by atoms with Crippen molar-refractivity contribution >= 4 is 11.9 Å². The summed E-state index contributed by atoms with van der Waals surface area (Å²) in [6.07, 6.45) is 6.38. The van der Waals surface area contributed by atoms with Gasteiger partial charge in [-0.25, -0.2) is 0 Å². The summed E-state index contributed by atoms with van der Waals surface area (Å²) in [5.41, 5.74) is 2.29. The molecule has 0 heterocycles. The van der Waals surface area contributed by atoms with Crippen molar-refractivity contribution in [2.24, 2.45) is 11.8 Å². The van der Waals surface area contributed by atoms with Crippen LogP contribution in [0.2, 0.25) is 0 Å². The van der Waals surface area contributed by atoms with Gasteiger partial charge in [0.1, 0.15) is 0 Å². The van der Waals surface area contributed by atoms with Crippen LogP contribution in [0, 0.1) is 11.8 Å². The van der Waals surface area contributed by atoms with E-state index in [1.165, 1.54) is 5.57 Å². The van der Waals surface area contributed by atoms with Crippen molar-refractivity contribution in [2.75, 3.05) is 0 Å². The fraction of sp³-hybridized carbons (Fsp3) is 0.571. The molecule has 4 heteroatoms. The summed E-state index contributed by atoms with van der Waals surface area (Å²) in [6.45, 7) is 4.03. The molecule has 100 valence electrons. The summed E-state index contributed by atoms with van der Waals surface area (Å²) in [7, 11) is 0. The van der Waals surface area contributed by atoms with Gasteiger partial charge in [-0.2, -0.15) is 0 Å². The third-order valence-corrected chi connectivity index (χ3v) is 3.31. The Hall–Kier alpha value is -1.58. The van der Waals surface area contributed by atoms with Crippen LogP contribution in [0.5, 0.6) is 0 Å². The van der Waals surface area contributed by atoms with Gasteiger partial charge in [-0.3, -0.25) is 9.59 Å². The Kier molecular flexibility index (Phi) is 5.13. The summed E-state index contributed by atoms with van der Waals surface area (Å²) in [4.78, 5) is 22.1. The largest absolute Gasteiger partial charge is 0.481 e. The highest BCUT2D eigenvalue weighted by Crippen LogP contribution is 2.34. The van der Waals surface area contributed by atoms with Gasteiger partial charge in [0.2, 0.25) is 0 Å². The molecule has 0 aromatic rings. The van der Waals surface area contributed by atoms with E-state index in [-0.39, 0.29) is 0 Å². The average Bonchev–Trinajstić information content (AvgIpc) is 2.28. The van der Waals surface area contributed by atoms with E-state index in [4.69, 9.17) is 10.2 Å². The molecule has 2 N–H and O–H groups in total. The van der Waals surface area contributed by atoms with E-state index in [0.717, 1.165) is 12.0 Å². The van der Waals surface area contributed by atoms with Gasteiger partial charge in [0, 0.05) is 0 Å². The van der Waals surface area contributed by atoms with Gasteiger partial charge in [0.15, 0.2) is 0 Å². The number of allylic oxidation sites excluding steroid dienone is 4. The van der Waals surface area contributed by atoms with Gasteiger partial charge in [-0.05, 0) is 39.5 Å². The number of carboxylic acids is 2. The van der Waals surface area contributed by atoms with E-state index in [9.17, 15) is 9.59 Å². The number of carboxylic acid groups (broad SMARTS) is 2. The first-order valence-electron chi connectivity index (χ1n) is 6.18. The van der Waals surface area contributed by atoms with Gasteiger partial charge in [-0.1, -0.05) is 23.3 Å². The third-order valence-electron chi connectivity index (χ3n) is 3.31. The Bertz CT molecular complexity index is 389. The Morgan fingerprint density at radius 3 is 2.33 bits per heavy atom. The second-order valence-electron chi connectivity index (χ2n) is 5.01. The zero-order valence-electron chi connectivity index (χ0n) is 10.8. The van der Waals surface area contributed by atoms with Crippen molar-refractivity contribution in [1.29, 1.82) is 0 Å². The monoisotopic (exact) mass is 252 g/mol.